The lowest BCUT2D eigenvalue weighted by Crippen LogP contribution is -2.18. The summed E-state index contributed by atoms with van der Waals surface area (Å²) < 4.78 is 19.6. The van der Waals surface area contributed by atoms with Gasteiger partial charge in [-0.25, -0.2) is 9.37 Å². The molecule has 0 spiro atoms. The molecule has 0 aliphatic carbocycles. The number of fused-ring (bicyclic) bond motifs is 1. The number of pyridine rings is 1. The van der Waals surface area contributed by atoms with Crippen LogP contribution in [0.25, 0.3) is 11.3 Å². The van der Waals surface area contributed by atoms with Crippen LogP contribution in [-0.4, -0.2) is 25.2 Å². The number of likely N-dealkylation sites (N-methyl/N-ethyl adjacent to an activating group) is 1. The van der Waals surface area contributed by atoms with E-state index in [1.165, 1.54) is 6.07 Å². The number of ether oxygens (including phenoxy) is 1. The average Bonchev–Trinajstić information content (AvgIpc) is 3.00. The summed E-state index contributed by atoms with van der Waals surface area (Å²) in [6.07, 6.45) is 2.09. The number of aromatic nitrogens is 1. The van der Waals surface area contributed by atoms with Crippen LogP contribution in [0, 0.1) is 5.82 Å². The van der Waals surface area contributed by atoms with Crippen molar-refractivity contribution in [3.8, 4) is 17.0 Å². The molecule has 140 valence electrons. The molecule has 0 radical (unpaired) electrons. The zero-order valence-corrected chi connectivity index (χ0v) is 16.7. The zero-order valence-electron chi connectivity index (χ0n) is 15.2. The molecule has 3 nitrogen and oxygen atoms in total. The van der Waals surface area contributed by atoms with E-state index in [1.807, 2.05) is 7.05 Å². The molecule has 0 fully saturated rings. The van der Waals surface area contributed by atoms with Crippen LogP contribution in [0.2, 0.25) is 10.0 Å². The summed E-state index contributed by atoms with van der Waals surface area (Å²) in [6.45, 7) is 5.74. The Bertz CT molecular complexity index is 807. The maximum atomic E-state index is 13.7. The van der Waals surface area contributed by atoms with Gasteiger partial charge >= 0.3 is 0 Å². The molecule has 0 amide bonds. The van der Waals surface area contributed by atoms with Crippen LogP contribution in [0.15, 0.2) is 18.2 Å². The smallest absolute Gasteiger partial charge is 0.149 e. The molecule has 2 atom stereocenters. The Labute approximate surface area is 163 Å². The second kappa shape index (κ2) is 8.12. The Balaban J connectivity index is 2.19. The normalized spacial score (nSPS) is 17.1. The predicted octanol–water partition coefficient (Wildman–Crippen LogP) is 5.79. The third-order valence-electron chi connectivity index (χ3n) is 4.83. The van der Waals surface area contributed by atoms with Gasteiger partial charge in [0.1, 0.15) is 17.3 Å². The Morgan fingerprint density at radius 1 is 1.35 bits per heavy atom. The van der Waals surface area contributed by atoms with Crippen molar-refractivity contribution >= 4 is 23.2 Å². The molecule has 2 aromatic rings. The van der Waals surface area contributed by atoms with Gasteiger partial charge < -0.3 is 10.1 Å². The van der Waals surface area contributed by atoms with Crippen molar-refractivity contribution in [3.63, 3.8) is 0 Å². The topological polar surface area (TPSA) is 34.2 Å². The fourth-order valence-electron chi connectivity index (χ4n) is 3.44. The third kappa shape index (κ3) is 3.55. The van der Waals surface area contributed by atoms with Gasteiger partial charge in [0.25, 0.3) is 0 Å². The summed E-state index contributed by atoms with van der Waals surface area (Å²) in [5.41, 5.74) is 3.37. The highest BCUT2D eigenvalue weighted by Gasteiger charge is 2.29. The van der Waals surface area contributed by atoms with E-state index >= 15 is 0 Å². The van der Waals surface area contributed by atoms with Crippen LogP contribution >= 0.6 is 23.2 Å². The summed E-state index contributed by atoms with van der Waals surface area (Å²) in [7, 11) is 1.94. The van der Waals surface area contributed by atoms with Gasteiger partial charge in [-0.1, -0.05) is 43.5 Å². The van der Waals surface area contributed by atoms with E-state index < -0.39 is 5.82 Å². The van der Waals surface area contributed by atoms with Crippen molar-refractivity contribution in [2.75, 3.05) is 20.2 Å². The number of rotatable bonds is 6. The predicted molar refractivity (Wildman–Crippen MR) is 105 cm³/mol. The highest BCUT2D eigenvalue weighted by atomic mass is 35.5. The van der Waals surface area contributed by atoms with Crippen molar-refractivity contribution in [1.82, 2.24) is 10.3 Å². The van der Waals surface area contributed by atoms with Gasteiger partial charge in [0, 0.05) is 35.2 Å². The summed E-state index contributed by atoms with van der Waals surface area (Å²) in [5, 5.41) is 3.33. The van der Waals surface area contributed by atoms with Crippen molar-refractivity contribution in [3.05, 3.63) is 45.3 Å². The van der Waals surface area contributed by atoms with E-state index in [2.05, 4.69) is 25.2 Å². The van der Waals surface area contributed by atoms with Gasteiger partial charge in [0.05, 0.1) is 16.7 Å². The monoisotopic (exact) mass is 396 g/mol. The molecule has 26 heavy (non-hydrogen) atoms. The van der Waals surface area contributed by atoms with Gasteiger partial charge in [-0.3, -0.25) is 0 Å². The first-order valence-corrected chi connectivity index (χ1v) is 9.69. The largest absolute Gasteiger partial charge is 0.490 e. The van der Waals surface area contributed by atoms with Crippen LogP contribution in [0.3, 0.4) is 0 Å². The number of hydrogen-bond donors (Lipinski definition) is 1. The molecule has 3 rings (SSSR count). The molecule has 2 unspecified atom stereocenters. The van der Waals surface area contributed by atoms with Crippen molar-refractivity contribution < 1.29 is 9.13 Å². The van der Waals surface area contributed by atoms with Crippen LogP contribution in [0.1, 0.15) is 49.8 Å². The van der Waals surface area contributed by atoms with E-state index in [0.29, 0.717) is 17.9 Å². The minimum atomic E-state index is -0.540. The Kier molecular flexibility index (Phi) is 6.06. The van der Waals surface area contributed by atoms with Crippen LogP contribution in [0.5, 0.6) is 5.75 Å². The Morgan fingerprint density at radius 2 is 2.12 bits per heavy atom. The van der Waals surface area contributed by atoms with Gasteiger partial charge in [-0.15, -0.1) is 0 Å². The minimum absolute atomic E-state index is 0.0866. The first-order valence-electron chi connectivity index (χ1n) is 8.94. The zero-order chi connectivity index (χ0) is 18.8. The minimum Gasteiger partial charge on any atom is -0.490 e. The average molecular weight is 397 g/mol. The first kappa shape index (κ1) is 19.4. The first-order chi connectivity index (χ1) is 12.5. The number of nitrogens with zero attached hydrogens (tertiary/aromatic N) is 1. The van der Waals surface area contributed by atoms with E-state index in [9.17, 15) is 4.39 Å². The molecular weight excluding hydrogens is 374 g/mol. The van der Waals surface area contributed by atoms with Crippen LogP contribution in [-0.2, 0) is 0 Å². The fourth-order valence-corrected chi connectivity index (χ4v) is 3.85. The van der Waals surface area contributed by atoms with Gasteiger partial charge in [0.2, 0.25) is 0 Å². The van der Waals surface area contributed by atoms with Crippen LogP contribution < -0.4 is 10.1 Å². The van der Waals surface area contributed by atoms with E-state index in [0.717, 1.165) is 36.4 Å². The van der Waals surface area contributed by atoms with E-state index in [-0.39, 0.29) is 21.9 Å². The van der Waals surface area contributed by atoms with E-state index in [4.69, 9.17) is 32.9 Å². The highest BCUT2D eigenvalue weighted by molar-refractivity contribution is 6.43. The van der Waals surface area contributed by atoms with Crippen molar-refractivity contribution in [1.29, 1.82) is 0 Å². The Morgan fingerprint density at radius 3 is 2.81 bits per heavy atom. The molecule has 1 aromatic carbocycles. The number of hydrogen-bond acceptors (Lipinski definition) is 3. The molecular formula is C20H23Cl2FN2O. The highest BCUT2D eigenvalue weighted by Crippen LogP contribution is 2.45. The quantitative estimate of drug-likeness (QED) is 0.626. The molecule has 1 aliphatic rings. The maximum Gasteiger partial charge on any atom is 0.149 e. The number of benzene rings is 1. The Hall–Kier alpha value is -1.36. The summed E-state index contributed by atoms with van der Waals surface area (Å²) in [4.78, 5) is 4.89. The maximum absolute atomic E-state index is 13.7. The van der Waals surface area contributed by atoms with Crippen molar-refractivity contribution in [2.45, 2.75) is 38.5 Å². The molecule has 0 bridgehead atoms. The molecule has 1 aromatic heterocycles. The van der Waals surface area contributed by atoms with Gasteiger partial charge in [-0.2, -0.15) is 0 Å². The SMILES string of the molecule is CCCC(CNC)c1cc2c(c(-c3ccc(F)c(Cl)c3Cl)n1)OCC2C. The lowest BCUT2D eigenvalue weighted by atomic mass is 9.93. The number of halogens is 3. The summed E-state index contributed by atoms with van der Waals surface area (Å²) in [5.74, 6) is 0.751. The van der Waals surface area contributed by atoms with Gasteiger partial charge in [0.15, 0.2) is 0 Å². The molecule has 1 aliphatic heterocycles. The molecule has 6 heteroatoms. The standard InChI is InChI=1S/C20H23Cl2FN2O/c1-4-5-12(9-24-3)16-8-14-11(2)10-26-20(14)19(25-16)13-6-7-15(23)18(22)17(13)21/h6-8,11-12,24H,4-5,9-10H2,1-3H3. The van der Waals surface area contributed by atoms with Crippen LogP contribution in [0.4, 0.5) is 4.39 Å². The number of nitrogens with one attached hydrogen (secondary N) is 1. The summed E-state index contributed by atoms with van der Waals surface area (Å²) in [6, 6.07) is 5.09. The second-order valence-electron chi connectivity index (χ2n) is 6.79. The van der Waals surface area contributed by atoms with Crippen molar-refractivity contribution in [2.24, 2.45) is 0 Å². The second-order valence-corrected chi connectivity index (χ2v) is 7.55. The lowest BCUT2D eigenvalue weighted by molar-refractivity contribution is 0.337. The summed E-state index contributed by atoms with van der Waals surface area (Å²) >= 11 is 12.4. The molecule has 0 saturated heterocycles. The fraction of sp³-hybridized carbons (Fsp3) is 0.450. The molecule has 1 N–H and O–H groups in total. The molecule has 0 saturated carbocycles. The van der Waals surface area contributed by atoms with E-state index in [1.54, 1.807) is 6.07 Å². The van der Waals surface area contributed by atoms with Gasteiger partial charge in [-0.05, 0) is 31.7 Å². The third-order valence-corrected chi connectivity index (χ3v) is 5.69. The molecule has 2 heterocycles. The lowest BCUT2D eigenvalue weighted by Gasteiger charge is -2.19.